The predicted octanol–water partition coefficient (Wildman–Crippen LogP) is -0.563. The zero-order valence-corrected chi connectivity index (χ0v) is 8.44. The first-order valence-corrected chi connectivity index (χ1v) is 4.10. The van der Waals surface area contributed by atoms with Crippen molar-refractivity contribution in [2.45, 2.75) is 32.4 Å². The molecule has 1 unspecified atom stereocenters. The second-order valence-electron chi connectivity index (χ2n) is 3.68. The minimum atomic E-state index is -1.12. The number of nitrogens with one attached hydrogen (secondary N) is 1. The molecule has 0 saturated carbocycles. The van der Waals surface area contributed by atoms with Crippen LogP contribution in [-0.2, 0) is 9.63 Å². The van der Waals surface area contributed by atoms with Crippen LogP contribution in [-0.4, -0.2) is 29.2 Å². The first-order valence-electron chi connectivity index (χ1n) is 4.10. The Morgan fingerprint density at radius 1 is 1.71 bits per heavy atom. The molecular formula is C7H15N3O4. The van der Waals surface area contributed by atoms with Gasteiger partial charge in [0.05, 0.1) is 0 Å². The highest BCUT2D eigenvalue weighted by atomic mass is 17.0. The third-order valence-corrected chi connectivity index (χ3v) is 1.33. The molecule has 1 amide bonds. The van der Waals surface area contributed by atoms with Gasteiger partial charge in [0.25, 0.3) is 5.09 Å². The van der Waals surface area contributed by atoms with Crippen LogP contribution in [0, 0.1) is 10.1 Å². The molecule has 0 aliphatic rings. The van der Waals surface area contributed by atoms with Gasteiger partial charge in [-0.05, 0) is 20.8 Å². The molecule has 0 saturated heterocycles. The molecule has 0 aliphatic carbocycles. The van der Waals surface area contributed by atoms with E-state index in [1.54, 1.807) is 13.8 Å². The number of nitrogens with two attached hydrogens (primary N) is 1. The van der Waals surface area contributed by atoms with Gasteiger partial charge in [-0.2, -0.15) is 0 Å². The Morgan fingerprint density at radius 3 is 2.57 bits per heavy atom. The van der Waals surface area contributed by atoms with Crippen LogP contribution >= 0.6 is 0 Å². The van der Waals surface area contributed by atoms with Gasteiger partial charge in [-0.15, -0.1) is 10.1 Å². The zero-order valence-electron chi connectivity index (χ0n) is 8.44. The standard InChI is InChI=1S/C7H15N3O4/c1-5(14-10(12)13)6(11)9-4-7(2,3)8/h5H,4,8H2,1-3H3,(H,9,11). The minimum Gasteiger partial charge on any atom is -0.352 e. The van der Waals surface area contributed by atoms with Crippen molar-refractivity contribution in [1.29, 1.82) is 0 Å². The van der Waals surface area contributed by atoms with E-state index in [-0.39, 0.29) is 6.54 Å². The van der Waals surface area contributed by atoms with Gasteiger partial charge < -0.3 is 15.9 Å². The maximum absolute atomic E-state index is 11.1. The summed E-state index contributed by atoms with van der Waals surface area (Å²) in [7, 11) is 0. The molecule has 0 heterocycles. The highest BCUT2D eigenvalue weighted by molar-refractivity contribution is 5.80. The zero-order chi connectivity index (χ0) is 11.4. The second kappa shape index (κ2) is 4.75. The van der Waals surface area contributed by atoms with E-state index >= 15 is 0 Å². The molecule has 0 aromatic heterocycles. The van der Waals surface area contributed by atoms with E-state index in [4.69, 9.17) is 5.73 Å². The normalized spacial score (nSPS) is 13.1. The van der Waals surface area contributed by atoms with E-state index in [0.717, 1.165) is 0 Å². The molecule has 0 aromatic carbocycles. The van der Waals surface area contributed by atoms with E-state index in [1.165, 1.54) is 6.92 Å². The molecule has 7 nitrogen and oxygen atoms in total. The average Bonchev–Trinajstić information content (AvgIpc) is 1.97. The molecule has 0 fully saturated rings. The van der Waals surface area contributed by atoms with Gasteiger partial charge >= 0.3 is 0 Å². The van der Waals surface area contributed by atoms with Crippen molar-refractivity contribution in [2.75, 3.05) is 6.54 Å². The molecule has 3 N–H and O–H groups in total. The number of carbonyl (C=O) groups is 1. The van der Waals surface area contributed by atoms with Crippen LogP contribution in [0.5, 0.6) is 0 Å². The number of hydrogen-bond acceptors (Lipinski definition) is 5. The lowest BCUT2D eigenvalue weighted by Gasteiger charge is -2.20. The van der Waals surface area contributed by atoms with E-state index in [1.807, 2.05) is 0 Å². The van der Waals surface area contributed by atoms with Crippen LogP contribution in [0.4, 0.5) is 0 Å². The lowest BCUT2D eigenvalue weighted by Crippen LogP contribution is -2.47. The van der Waals surface area contributed by atoms with Crippen LogP contribution in [0.2, 0.25) is 0 Å². The topological polar surface area (TPSA) is 107 Å². The van der Waals surface area contributed by atoms with Gasteiger partial charge in [-0.1, -0.05) is 0 Å². The van der Waals surface area contributed by atoms with E-state index < -0.39 is 22.6 Å². The number of nitrogens with zero attached hydrogens (tertiary/aromatic N) is 1. The summed E-state index contributed by atoms with van der Waals surface area (Å²) in [6, 6.07) is 0. The SMILES string of the molecule is CC(O[N+](=O)[O-])C(=O)NCC(C)(C)N. The molecular weight excluding hydrogens is 190 g/mol. The lowest BCUT2D eigenvalue weighted by molar-refractivity contribution is -0.763. The lowest BCUT2D eigenvalue weighted by atomic mass is 10.1. The molecule has 0 spiro atoms. The molecule has 0 bridgehead atoms. The maximum atomic E-state index is 11.1. The van der Waals surface area contributed by atoms with Gasteiger partial charge in [0.2, 0.25) is 5.91 Å². The number of rotatable bonds is 5. The van der Waals surface area contributed by atoms with Crippen molar-refractivity contribution in [3.05, 3.63) is 10.1 Å². The monoisotopic (exact) mass is 205 g/mol. The first-order chi connectivity index (χ1) is 6.22. The third-order valence-electron chi connectivity index (χ3n) is 1.33. The second-order valence-corrected chi connectivity index (χ2v) is 3.68. The van der Waals surface area contributed by atoms with Crippen molar-refractivity contribution in [3.8, 4) is 0 Å². The third kappa shape index (κ3) is 6.18. The van der Waals surface area contributed by atoms with Crippen LogP contribution in [0.1, 0.15) is 20.8 Å². The summed E-state index contributed by atoms with van der Waals surface area (Å²) < 4.78 is 0. The van der Waals surface area contributed by atoms with E-state index in [9.17, 15) is 14.9 Å². The molecule has 0 radical (unpaired) electrons. The highest BCUT2D eigenvalue weighted by Crippen LogP contribution is 1.95. The number of hydrogen-bond donors (Lipinski definition) is 2. The Labute approximate surface area is 81.7 Å². The first kappa shape index (κ1) is 12.6. The van der Waals surface area contributed by atoms with Gasteiger partial charge in [-0.3, -0.25) is 4.79 Å². The van der Waals surface area contributed by atoms with Gasteiger partial charge in [0.1, 0.15) is 0 Å². The van der Waals surface area contributed by atoms with E-state index in [2.05, 4.69) is 10.2 Å². The summed E-state index contributed by atoms with van der Waals surface area (Å²) in [5.74, 6) is -0.555. The Hall–Kier alpha value is -1.37. The summed E-state index contributed by atoms with van der Waals surface area (Å²) in [4.78, 5) is 25.1. The average molecular weight is 205 g/mol. The highest BCUT2D eigenvalue weighted by Gasteiger charge is 2.19. The number of carbonyl (C=O) groups excluding carboxylic acids is 1. The summed E-state index contributed by atoms with van der Waals surface area (Å²) in [5, 5.41) is 11.3. The maximum Gasteiger partial charge on any atom is 0.295 e. The van der Waals surface area contributed by atoms with Crippen LogP contribution in [0.25, 0.3) is 0 Å². The van der Waals surface area contributed by atoms with E-state index in [0.29, 0.717) is 0 Å². The number of amides is 1. The Balaban J connectivity index is 3.91. The fourth-order valence-electron chi connectivity index (χ4n) is 0.636. The van der Waals surface area contributed by atoms with Crippen molar-refractivity contribution in [1.82, 2.24) is 5.32 Å². The van der Waals surface area contributed by atoms with Crippen molar-refractivity contribution in [3.63, 3.8) is 0 Å². The largest absolute Gasteiger partial charge is 0.352 e. The summed E-state index contributed by atoms with van der Waals surface area (Å²) in [5.41, 5.74) is 5.04. The Bertz CT molecular complexity index is 223. The van der Waals surface area contributed by atoms with Crippen molar-refractivity contribution < 1.29 is 14.7 Å². The van der Waals surface area contributed by atoms with Gasteiger partial charge in [0, 0.05) is 12.1 Å². The molecule has 7 heteroatoms. The van der Waals surface area contributed by atoms with Gasteiger partial charge in [0.15, 0.2) is 6.10 Å². The summed E-state index contributed by atoms with van der Waals surface area (Å²) >= 11 is 0. The minimum absolute atomic E-state index is 0.233. The summed E-state index contributed by atoms with van der Waals surface area (Å²) in [6.07, 6.45) is -1.12. The molecule has 0 rings (SSSR count). The summed E-state index contributed by atoms with van der Waals surface area (Å²) in [6.45, 7) is 4.98. The molecule has 14 heavy (non-hydrogen) atoms. The van der Waals surface area contributed by atoms with Crippen LogP contribution in [0.15, 0.2) is 0 Å². The van der Waals surface area contributed by atoms with Crippen molar-refractivity contribution in [2.24, 2.45) is 5.73 Å². The Morgan fingerprint density at radius 2 is 2.21 bits per heavy atom. The quantitative estimate of drug-likeness (QED) is 0.462. The molecule has 1 atom stereocenters. The van der Waals surface area contributed by atoms with Crippen LogP contribution in [0.3, 0.4) is 0 Å². The van der Waals surface area contributed by atoms with Gasteiger partial charge in [-0.25, -0.2) is 0 Å². The van der Waals surface area contributed by atoms with Crippen LogP contribution < -0.4 is 11.1 Å². The Kier molecular flexibility index (Phi) is 4.29. The fourth-order valence-corrected chi connectivity index (χ4v) is 0.636. The fraction of sp³-hybridized carbons (Fsp3) is 0.857. The molecule has 0 aromatic rings. The molecule has 82 valence electrons. The predicted molar refractivity (Wildman–Crippen MR) is 48.8 cm³/mol. The molecule has 0 aliphatic heterocycles. The smallest absolute Gasteiger partial charge is 0.295 e. The van der Waals surface area contributed by atoms with Crippen molar-refractivity contribution >= 4 is 5.91 Å².